The fourth-order valence-electron chi connectivity index (χ4n) is 0.716. The predicted octanol–water partition coefficient (Wildman–Crippen LogP) is 1.10. The smallest absolute Gasteiger partial charge is 0.197 e. The largest absolute Gasteiger partial charge is 0.498 e. The number of aromatic hydroxyl groups is 1. The molecule has 2 heterocycles. The maximum Gasteiger partial charge on any atom is 0.197 e. The Hall–Kier alpha value is -1.03. The molecule has 0 radical (unpaired) electrons. The second-order valence-electron chi connectivity index (χ2n) is 1.69. The summed E-state index contributed by atoms with van der Waals surface area (Å²) >= 11 is 1.27. The molecule has 3 nitrogen and oxygen atoms in total. The Labute approximate surface area is 55.2 Å². The van der Waals surface area contributed by atoms with Gasteiger partial charge in [-0.2, -0.15) is 0 Å². The van der Waals surface area contributed by atoms with Crippen LogP contribution in [-0.2, 0) is 0 Å². The van der Waals surface area contributed by atoms with Gasteiger partial charge in [0.1, 0.15) is 0 Å². The van der Waals surface area contributed by atoms with Gasteiger partial charge >= 0.3 is 0 Å². The Morgan fingerprint density at radius 3 is 3.33 bits per heavy atom. The lowest BCUT2D eigenvalue weighted by molar-refractivity contribution is 0.488. The number of imidazole rings is 1. The van der Waals surface area contributed by atoms with E-state index in [1.807, 2.05) is 0 Å². The van der Waals surface area contributed by atoms with Gasteiger partial charge in [-0.25, -0.2) is 4.98 Å². The summed E-state index contributed by atoms with van der Waals surface area (Å²) in [7, 11) is 0. The zero-order valence-electron chi connectivity index (χ0n) is 4.48. The molecule has 4 heteroatoms. The standard InChI is InChI=1S/C5H4N2OS/c8-4-3-7-2-1-6-5(7)9-4/h1-3,8H. The van der Waals surface area contributed by atoms with Gasteiger partial charge in [-0.15, -0.1) is 0 Å². The van der Waals surface area contributed by atoms with Gasteiger partial charge in [-0.1, -0.05) is 11.3 Å². The predicted molar refractivity (Wildman–Crippen MR) is 34.7 cm³/mol. The van der Waals surface area contributed by atoms with Crippen molar-refractivity contribution in [1.82, 2.24) is 9.38 Å². The molecule has 0 aromatic carbocycles. The van der Waals surface area contributed by atoms with E-state index in [0.717, 1.165) is 4.96 Å². The van der Waals surface area contributed by atoms with Crippen LogP contribution < -0.4 is 0 Å². The van der Waals surface area contributed by atoms with Gasteiger partial charge in [0.05, 0.1) is 6.20 Å². The zero-order chi connectivity index (χ0) is 6.27. The molecule has 1 N–H and O–H groups in total. The van der Waals surface area contributed by atoms with Gasteiger partial charge in [-0.05, 0) is 0 Å². The maximum absolute atomic E-state index is 8.90. The molecular formula is C5H4N2OS. The molecule has 0 amide bonds. The second-order valence-corrected chi connectivity index (χ2v) is 2.67. The van der Waals surface area contributed by atoms with Crippen molar-refractivity contribution in [3.05, 3.63) is 18.6 Å². The normalized spacial score (nSPS) is 10.7. The minimum Gasteiger partial charge on any atom is -0.498 e. The lowest BCUT2D eigenvalue weighted by atomic mass is 10.8. The highest BCUT2D eigenvalue weighted by Gasteiger charge is 1.96. The van der Waals surface area contributed by atoms with Crippen LogP contribution in [0.5, 0.6) is 5.06 Å². The molecule has 2 aromatic heterocycles. The number of fused-ring (bicyclic) bond motifs is 1. The summed E-state index contributed by atoms with van der Waals surface area (Å²) in [6.45, 7) is 0. The number of rotatable bonds is 0. The van der Waals surface area contributed by atoms with E-state index in [1.165, 1.54) is 11.3 Å². The van der Waals surface area contributed by atoms with E-state index in [2.05, 4.69) is 4.98 Å². The number of hydrogen-bond donors (Lipinski definition) is 1. The van der Waals surface area contributed by atoms with Crippen LogP contribution in [0, 0.1) is 0 Å². The minimum atomic E-state index is 0.304. The van der Waals surface area contributed by atoms with Crippen LogP contribution in [0.2, 0.25) is 0 Å². The molecule has 0 fully saturated rings. The molecule has 0 aliphatic carbocycles. The molecule has 0 bridgehead atoms. The number of aromatic nitrogens is 2. The van der Waals surface area contributed by atoms with Gasteiger partial charge in [0.25, 0.3) is 0 Å². The summed E-state index contributed by atoms with van der Waals surface area (Å²) in [5.41, 5.74) is 0. The van der Waals surface area contributed by atoms with Crippen molar-refractivity contribution in [2.45, 2.75) is 0 Å². The first-order chi connectivity index (χ1) is 4.36. The molecular weight excluding hydrogens is 136 g/mol. The van der Waals surface area contributed by atoms with Crippen LogP contribution in [0.1, 0.15) is 0 Å². The molecule has 0 saturated carbocycles. The Bertz CT molecular complexity index is 296. The topological polar surface area (TPSA) is 37.5 Å². The SMILES string of the molecule is Oc1cn2ccnc2s1. The van der Waals surface area contributed by atoms with Crippen LogP contribution in [0.25, 0.3) is 4.96 Å². The first kappa shape index (κ1) is 4.81. The molecule has 2 rings (SSSR count). The quantitative estimate of drug-likeness (QED) is 0.595. The summed E-state index contributed by atoms with van der Waals surface area (Å²) in [4.78, 5) is 4.79. The van der Waals surface area contributed by atoms with E-state index in [0.29, 0.717) is 5.06 Å². The van der Waals surface area contributed by atoms with E-state index in [1.54, 1.807) is 23.0 Å². The average molecular weight is 140 g/mol. The molecule has 2 aromatic rings. The van der Waals surface area contributed by atoms with Gasteiger partial charge in [0, 0.05) is 12.4 Å². The van der Waals surface area contributed by atoms with Crippen molar-refractivity contribution < 1.29 is 5.11 Å². The summed E-state index contributed by atoms with van der Waals surface area (Å²) in [5, 5.41) is 9.21. The second kappa shape index (κ2) is 1.48. The molecule has 0 saturated heterocycles. The third kappa shape index (κ3) is 0.598. The van der Waals surface area contributed by atoms with Crippen molar-refractivity contribution in [1.29, 1.82) is 0 Å². The summed E-state index contributed by atoms with van der Waals surface area (Å²) < 4.78 is 1.78. The van der Waals surface area contributed by atoms with Gasteiger partial charge in [0.2, 0.25) is 0 Å². The fraction of sp³-hybridized carbons (Fsp3) is 0. The van der Waals surface area contributed by atoms with E-state index < -0.39 is 0 Å². The van der Waals surface area contributed by atoms with E-state index >= 15 is 0 Å². The Balaban J connectivity index is 2.92. The first-order valence-corrected chi connectivity index (χ1v) is 3.29. The number of thiazole rings is 1. The van der Waals surface area contributed by atoms with Crippen molar-refractivity contribution in [3.8, 4) is 5.06 Å². The molecule has 0 aliphatic heterocycles. The Morgan fingerprint density at radius 1 is 1.67 bits per heavy atom. The van der Waals surface area contributed by atoms with Crippen LogP contribution in [0.4, 0.5) is 0 Å². The van der Waals surface area contributed by atoms with Crippen molar-refractivity contribution >= 4 is 16.3 Å². The van der Waals surface area contributed by atoms with Crippen molar-refractivity contribution in [3.63, 3.8) is 0 Å². The first-order valence-electron chi connectivity index (χ1n) is 2.48. The number of nitrogens with zero attached hydrogens (tertiary/aromatic N) is 2. The molecule has 0 unspecified atom stereocenters. The third-order valence-corrected chi connectivity index (χ3v) is 1.89. The van der Waals surface area contributed by atoms with Crippen molar-refractivity contribution in [2.24, 2.45) is 0 Å². The molecule has 46 valence electrons. The van der Waals surface area contributed by atoms with E-state index in [9.17, 15) is 0 Å². The zero-order valence-corrected chi connectivity index (χ0v) is 5.30. The van der Waals surface area contributed by atoms with Gasteiger partial charge in [-0.3, -0.25) is 4.40 Å². The lowest BCUT2D eigenvalue weighted by Crippen LogP contribution is -1.66. The van der Waals surface area contributed by atoms with E-state index in [-0.39, 0.29) is 0 Å². The molecule has 0 spiro atoms. The molecule has 0 atom stereocenters. The lowest BCUT2D eigenvalue weighted by Gasteiger charge is -1.72. The van der Waals surface area contributed by atoms with Gasteiger partial charge in [0.15, 0.2) is 10.0 Å². The highest BCUT2D eigenvalue weighted by molar-refractivity contribution is 7.18. The fourth-order valence-corrected chi connectivity index (χ4v) is 1.40. The molecule has 9 heavy (non-hydrogen) atoms. The summed E-state index contributed by atoms with van der Waals surface area (Å²) in [6, 6.07) is 0. The average Bonchev–Trinajstić information content (AvgIpc) is 2.22. The highest BCUT2D eigenvalue weighted by Crippen LogP contribution is 2.21. The van der Waals surface area contributed by atoms with Gasteiger partial charge < -0.3 is 5.11 Å². The van der Waals surface area contributed by atoms with Crippen LogP contribution in [0.15, 0.2) is 18.6 Å². The Kier molecular flexibility index (Phi) is 0.790. The third-order valence-electron chi connectivity index (χ3n) is 1.08. The van der Waals surface area contributed by atoms with Crippen LogP contribution >= 0.6 is 11.3 Å². The van der Waals surface area contributed by atoms with Crippen LogP contribution in [-0.4, -0.2) is 14.5 Å². The van der Waals surface area contributed by atoms with E-state index in [4.69, 9.17) is 5.11 Å². The number of hydrogen-bond acceptors (Lipinski definition) is 3. The van der Waals surface area contributed by atoms with Crippen molar-refractivity contribution in [2.75, 3.05) is 0 Å². The molecule has 0 aliphatic rings. The highest BCUT2D eigenvalue weighted by atomic mass is 32.1. The Morgan fingerprint density at radius 2 is 2.56 bits per heavy atom. The minimum absolute atomic E-state index is 0.304. The summed E-state index contributed by atoms with van der Waals surface area (Å²) in [6.07, 6.45) is 5.13. The monoisotopic (exact) mass is 140 g/mol. The van der Waals surface area contributed by atoms with Crippen LogP contribution in [0.3, 0.4) is 0 Å². The maximum atomic E-state index is 8.90. The summed E-state index contributed by atoms with van der Waals surface area (Å²) in [5.74, 6) is 0.